The van der Waals surface area contributed by atoms with Crippen LogP contribution in [0, 0.1) is 0 Å². The van der Waals surface area contributed by atoms with E-state index in [1.165, 1.54) is 10.9 Å². The van der Waals surface area contributed by atoms with Gasteiger partial charge in [0.05, 0.1) is 6.04 Å². The van der Waals surface area contributed by atoms with Crippen LogP contribution in [0.15, 0.2) is 54.9 Å². The van der Waals surface area contributed by atoms with Crippen molar-refractivity contribution in [3.8, 4) is 0 Å². The van der Waals surface area contributed by atoms with E-state index in [2.05, 4.69) is 39.5 Å². The van der Waals surface area contributed by atoms with Crippen molar-refractivity contribution in [1.29, 1.82) is 0 Å². The molecule has 1 saturated heterocycles. The van der Waals surface area contributed by atoms with Gasteiger partial charge in [0, 0.05) is 54.0 Å². The van der Waals surface area contributed by atoms with E-state index in [-0.39, 0.29) is 6.04 Å². The molecule has 1 aromatic heterocycles. The highest BCUT2D eigenvalue weighted by Gasteiger charge is 2.26. The average Bonchev–Trinajstić information content (AvgIpc) is 2.64. The van der Waals surface area contributed by atoms with Gasteiger partial charge in [-0.25, -0.2) is 0 Å². The molecule has 1 aliphatic rings. The van der Waals surface area contributed by atoms with Crippen molar-refractivity contribution in [2.45, 2.75) is 6.04 Å². The minimum atomic E-state index is 0.115. The summed E-state index contributed by atoms with van der Waals surface area (Å²) in [6.07, 6.45) is 3.73. The third-order valence-corrected chi connectivity index (χ3v) is 5.32. The Bertz CT molecular complexity index is 891. The Morgan fingerprint density at radius 1 is 0.960 bits per heavy atom. The van der Waals surface area contributed by atoms with Crippen molar-refractivity contribution in [2.24, 2.45) is 0 Å². The first-order valence-corrected chi connectivity index (χ1v) is 9.21. The molecular weight excluding hydrogens is 353 g/mol. The van der Waals surface area contributed by atoms with Gasteiger partial charge in [0.25, 0.3) is 0 Å². The van der Waals surface area contributed by atoms with E-state index in [4.69, 9.17) is 23.2 Å². The predicted octanol–water partition coefficient (Wildman–Crippen LogP) is 4.54. The molecule has 1 aliphatic heterocycles. The lowest BCUT2D eigenvalue weighted by molar-refractivity contribution is 0.198. The summed E-state index contributed by atoms with van der Waals surface area (Å²) in [6, 6.07) is 14.5. The molecule has 0 spiro atoms. The SMILES string of the molecule is Clc1ccc(C(c2ccc3cnccc3c2)N2CCNCC2)c(Cl)c1. The lowest BCUT2D eigenvalue weighted by Crippen LogP contribution is -2.45. The van der Waals surface area contributed by atoms with Crippen LogP contribution < -0.4 is 5.32 Å². The van der Waals surface area contributed by atoms with Crippen LogP contribution in [0.3, 0.4) is 0 Å². The summed E-state index contributed by atoms with van der Waals surface area (Å²) >= 11 is 12.7. The molecule has 128 valence electrons. The van der Waals surface area contributed by atoms with Gasteiger partial charge in [0.15, 0.2) is 0 Å². The number of hydrogen-bond donors (Lipinski definition) is 1. The van der Waals surface area contributed by atoms with Gasteiger partial charge in [-0.1, -0.05) is 41.4 Å². The van der Waals surface area contributed by atoms with Crippen LogP contribution in [-0.4, -0.2) is 36.1 Å². The molecule has 0 amide bonds. The number of piperazine rings is 1. The second-order valence-corrected chi connectivity index (χ2v) is 7.18. The standard InChI is InChI=1S/C20H19Cl2N3/c21-17-3-4-18(19(22)12-17)20(25-9-7-23-8-10-25)15-1-2-16-13-24-6-5-14(16)11-15/h1-6,11-13,20,23H,7-10H2. The number of aromatic nitrogens is 1. The summed E-state index contributed by atoms with van der Waals surface area (Å²) in [5.41, 5.74) is 2.34. The average molecular weight is 372 g/mol. The van der Waals surface area contributed by atoms with E-state index >= 15 is 0 Å². The second-order valence-electron chi connectivity index (χ2n) is 6.34. The van der Waals surface area contributed by atoms with Crippen LogP contribution in [0.2, 0.25) is 10.0 Å². The van der Waals surface area contributed by atoms with Crippen molar-refractivity contribution in [2.75, 3.05) is 26.2 Å². The van der Waals surface area contributed by atoms with Crippen LogP contribution >= 0.6 is 23.2 Å². The van der Waals surface area contributed by atoms with Crippen LogP contribution in [0.5, 0.6) is 0 Å². The number of rotatable bonds is 3. The van der Waals surface area contributed by atoms with Crippen LogP contribution in [0.1, 0.15) is 17.2 Å². The Balaban J connectivity index is 1.83. The number of nitrogens with zero attached hydrogens (tertiary/aromatic N) is 2. The monoisotopic (exact) mass is 371 g/mol. The number of benzene rings is 2. The minimum absolute atomic E-state index is 0.115. The molecule has 25 heavy (non-hydrogen) atoms. The molecule has 3 nitrogen and oxygen atoms in total. The number of hydrogen-bond acceptors (Lipinski definition) is 3. The third-order valence-electron chi connectivity index (χ3n) is 4.75. The van der Waals surface area contributed by atoms with E-state index in [0.717, 1.165) is 37.1 Å². The van der Waals surface area contributed by atoms with Crippen LogP contribution in [0.25, 0.3) is 10.8 Å². The molecule has 0 bridgehead atoms. The van der Waals surface area contributed by atoms with Gasteiger partial charge in [-0.15, -0.1) is 0 Å². The molecule has 2 heterocycles. The number of fused-ring (bicyclic) bond motifs is 1. The molecule has 1 fully saturated rings. The zero-order valence-electron chi connectivity index (χ0n) is 13.8. The first-order chi connectivity index (χ1) is 12.2. The topological polar surface area (TPSA) is 28.2 Å². The summed E-state index contributed by atoms with van der Waals surface area (Å²) in [7, 11) is 0. The fraction of sp³-hybridized carbons (Fsp3) is 0.250. The normalized spacial score (nSPS) is 16.9. The molecule has 3 aromatic rings. The Morgan fingerprint density at radius 2 is 1.80 bits per heavy atom. The summed E-state index contributed by atoms with van der Waals surface area (Å²) in [4.78, 5) is 6.68. The molecule has 4 rings (SSSR count). The van der Waals surface area contributed by atoms with Crippen molar-refractivity contribution in [3.63, 3.8) is 0 Å². The summed E-state index contributed by atoms with van der Waals surface area (Å²) in [5.74, 6) is 0. The largest absolute Gasteiger partial charge is 0.314 e. The quantitative estimate of drug-likeness (QED) is 0.732. The summed E-state index contributed by atoms with van der Waals surface area (Å²) < 4.78 is 0. The van der Waals surface area contributed by atoms with Crippen LogP contribution in [0.4, 0.5) is 0 Å². The Labute approximate surface area is 157 Å². The van der Waals surface area contributed by atoms with E-state index in [0.29, 0.717) is 10.0 Å². The molecular formula is C20H19Cl2N3. The smallest absolute Gasteiger partial charge is 0.0617 e. The lowest BCUT2D eigenvalue weighted by Gasteiger charge is -2.36. The Morgan fingerprint density at radius 3 is 2.60 bits per heavy atom. The van der Waals surface area contributed by atoms with Gasteiger partial charge in [-0.3, -0.25) is 9.88 Å². The molecule has 0 radical (unpaired) electrons. The zero-order chi connectivity index (χ0) is 17.2. The molecule has 0 aliphatic carbocycles. The van der Waals surface area contributed by atoms with Crippen molar-refractivity contribution in [3.05, 3.63) is 76.0 Å². The molecule has 0 saturated carbocycles. The van der Waals surface area contributed by atoms with E-state index in [9.17, 15) is 0 Å². The maximum Gasteiger partial charge on any atom is 0.0617 e. The fourth-order valence-electron chi connectivity index (χ4n) is 3.52. The lowest BCUT2D eigenvalue weighted by atomic mass is 9.94. The maximum absolute atomic E-state index is 6.57. The first kappa shape index (κ1) is 16.8. The molecule has 2 aromatic carbocycles. The minimum Gasteiger partial charge on any atom is -0.314 e. The van der Waals surface area contributed by atoms with E-state index in [1.54, 1.807) is 0 Å². The summed E-state index contributed by atoms with van der Waals surface area (Å²) in [5, 5.41) is 7.14. The molecule has 1 N–H and O–H groups in total. The number of pyridine rings is 1. The van der Waals surface area contributed by atoms with Gasteiger partial charge in [0.2, 0.25) is 0 Å². The van der Waals surface area contributed by atoms with Gasteiger partial charge in [-0.2, -0.15) is 0 Å². The van der Waals surface area contributed by atoms with E-state index in [1.807, 2.05) is 30.6 Å². The zero-order valence-corrected chi connectivity index (χ0v) is 15.3. The highest BCUT2D eigenvalue weighted by atomic mass is 35.5. The van der Waals surface area contributed by atoms with E-state index < -0.39 is 0 Å². The van der Waals surface area contributed by atoms with Gasteiger partial charge in [-0.05, 0) is 40.8 Å². The molecule has 1 unspecified atom stereocenters. The predicted molar refractivity (Wildman–Crippen MR) is 104 cm³/mol. The second kappa shape index (κ2) is 7.30. The number of halogens is 2. The van der Waals surface area contributed by atoms with Gasteiger partial charge < -0.3 is 5.32 Å². The fourth-order valence-corrected chi connectivity index (χ4v) is 4.03. The highest BCUT2D eigenvalue weighted by Crippen LogP contribution is 2.36. The first-order valence-electron chi connectivity index (χ1n) is 8.46. The van der Waals surface area contributed by atoms with Crippen molar-refractivity contribution in [1.82, 2.24) is 15.2 Å². The molecule has 5 heteroatoms. The highest BCUT2D eigenvalue weighted by molar-refractivity contribution is 6.35. The van der Waals surface area contributed by atoms with Gasteiger partial charge in [0.1, 0.15) is 0 Å². The summed E-state index contributed by atoms with van der Waals surface area (Å²) in [6.45, 7) is 3.94. The van der Waals surface area contributed by atoms with Crippen LogP contribution in [-0.2, 0) is 0 Å². The van der Waals surface area contributed by atoms with Gasteiger partial charge >= 0.3 is 0 Å². The van der Waals surface area contributed by atoms with Crippen molar-refractivity contribution >= 4 is 34.0 Å². The molecule has 1 atom stereocenters. The Kier molecular flexibility index (Phi) is 4.91. The number of nitrogens with one attached hydrogen (secondary N) is 1. The Hall–Kier alpha value is -1.65. The third kappa shape index (κ3) is 3.51. The maximum atomic E-state index is 6.57. The van der Waals surface area contributed by atoms with Crippen molar-refractivity contribution < 1.29 is 0 Å².